The molecule has 0 spiro atoms. The van der Waals surface area contributed by atoms with Gasteiger partial charge in [-0.3, -0.25) is 4.79 Å². The number of amides is 1. The summed E-state index contributed by atoms with van der Waals surface area (Å²) in [7, 11) is 1.87. The Morgan fingerprint density at radius 2 is 2.29 bits per heavy atom. The van der Waals surface area contributed by atoms with Crippen molar-refractivity contribution in [2.24, 2.45) is 5.92 Å². The van der Waals surface area contributed by atoms with E-state index < -0.39 is 0 Å². The number of carbonyl (C=O) groups is 1. The molecule has 1 fully saturated rings. The van der Waals surface area contributed by atoms with E-state index in [-0.39, 0.29) is 5.91 Å². The molecule has 1 aliphatic heterocycles. The van der Waals surface area contributed by atoms with Crippen LogP contribution in [0.2, 0.25) is 0 Å². The van der Waals surface area contributed by atoms with Crippen molar-refractivity contribution in [3.8, 4) is 0 Å². The van der Waals surface area contributed by atoms with Crippen molar-refractivity contribution < 1.29 is 4.79 Å². The second kappa shape index (κ2) is 5.40. The van der Waals surface area contributed by atoms with Crippen LogP contribution in [0.4, 0.5) is 11.4 Å². The normalized spacial score (nSPS) is 19.8. The lowest BCUT2D eigenvalue weighted by atomic mass is 10.2. The van der Waals surface area contributed by atoms with Gasteiger partial charge in [-0.1, -0.05) is 31.9 Å². The summed E-state index contributed by atoms with van der Waals surface area (Å²) in [5.41, 5.74) is 1.94. The summed E-state index contributed by atoms with van der Waals surface area (Å²) >= 11 is 6.88. The standard InChI is InChI=1S/C12H14Br2N2O/c1-15-10-5-9(14)2-3-11(10)16-7-8(6-13)4-12(16)17/h2-3,5,8,15H,4,6-7H2,1H3. The average Bonchev–Trinajstić information content (AvgIpc) is 2.70. The second-order valence-corrected chi connectivity index (χ2v) is 5.70. The Kier molecular flexibility index (Phi) is 4.09. The van der Waals surface area contributed by atoms with Gasteiger partial charge in [0.1, 0.15) is 0 Å². The minimum Gasteiger partial charge on any atom is -0.386 e. The van der Waals surface area contributed by atoms with E-state index in [4.69, 9.17) is 0 Å². The monoisotopic (exact) mass is 360 g/mol. The first-order valence-corrected chi connectivity index (χ1v) is 7.40. The Balaban J connectivity index is 2.31. The van der Waals surface area contributed by atoms with Crippen LogP contribution >= 0.6 is 31.9 Å². The van der Waals surface area contributed by atoms with E-state index in [1.54, 1.807) is 0 Å². The number of carbonyl (C=O) groups excluding carboxylic acids is 1. The maximum Gasteiger partial charge on any atom is 0.227 e. The van der Waals surface area contributed by atoms with E-state index in [0.29, 0.717) is 12.3 Å². The van der Waals surface area contributed by atoms with Gasteiger partial charge in [-0.25, -0.2) is 0 Å². The summed E-state index contributed by atoms with van der Waals surface area (Å²) in [4.78, 5) is 13.8. The Hall–Kier alpha value is -0.550. The number of anilines is 2. The maximum absolute atomic E-state index is 12.0. The van der Waals surface area contributed by atoms with Crippen molar-refractivity contribution >= 4 is 49.1 Å². The van der Waals surface area contributed by atoms with Crippen LogP contribution in [-0.2, 0) is 4.79 Å². The number of halogens is 2. The zero-order valence-corrected chi connectivity index (χ0v) is 12.7. The van der Waals surface area contributed by atoms with Crippen LogP contribution in [0.5, 0.6) is 0 Å². The maximum atomic E-state index is 12.0. The van der Waals surface area contributed by atoms with Crippen molar-refractivity contribution in [2.75, 3.05) is 29.1 Å². The highest BCUT2D eigenvalue weighted by molar-refractivity contribution is 9.10. The molecule has 1 heterocycles. The summed E-state index contributed by atoms with van der Waals surface area (Å²) in [6.07, 6.45) is 0.629. The zero-order valence-electron chi connectivity index (χ0n) is 9.54. The van der Waals surface area contributed by atoms with Gasteiger partial charge < -0.3 is 10.2 Å². The number of rotatable bonds is 3. The first kappa shape index (κ1) is 12.9. The summed E-state index contributed by atoms with van der Waals surface area (Å²) in [5.74, 6) is 0.615. The lowest BCUT2D eigenvalue weighted by molar-refractivity contribution is -0.117. The molecular formula is C12H14Br2N2O. The molecule has 1 saturated heterocycles. The fraction of sp³-hybridized carbons (Fsp3) is 0.417. The molecule has 0 aromatic heterocycles. The molecule has 0 saturated carbocycles. The molecule has 2 rings (SSSR count). The van der Waals surface area contributed by atoms with Crippen molar-refractivity contribution in [3.63, 3.8) is 0 Å². The predicted molar refractivity (Wildman–Crippen MR) is 77.9 cm³/mol. The van der Waals surface area contributed by atoms with E-state index in [9.17, 15) is 4.79 Å². The number of hydrogen-bond donors (Lipinski definition) is 1. The molecular weight excluding hydrogens is 348 g/mol. The van der Waals surface area contributed by atoms with E-state index >= 15 is 0 Å². The lowest BCUT2D eigenvalue weighted by Gasteiger charge is -2.20. The minimum absolute atomic E-state index is 0.202. The summed E-state index contributed by atoms with van der Waals surface area (Å²) < 4.78 is 1.01. The average molecular weight is 362 g/mol. The Morgan fingerprint density at radius 1 is 1.53 bits per heavy atom. The largest absolute Gasteiger partial charge is 0.386 e. The number of benzene rings is 1. The molecule has 1 atom stereocenters. The first-order valence-electron chi connectivity index (χ1n) is 5.49. The molecule has 1 aromatic carbocycles. The third-order valence-electron chi connectivity index (χ3n) is 2.94. The third-order valence-corrected chi connectivity index (χ3v) is 4.35. The molecule has 1 aromatic rings. The smallest absolute Gasteiger partial charge is 0.227 e. The van der Waals surface area contributed by atoms with Crippen LogP contribution in [0.1, 0.15) is 6.42 Å². The fourth-order valence-electron chi connectivity index (χ4n) is 2.06. The first-order chi connectivity index (χ1) is 8.15. The predicted octanol–water partition coefficient (Wildman–Crippen LogP) is 3.24. The van der Waals surface area contributed by atoms with Crippen molar-refractivity contribution in [1.82, 2.24) is 0 Å². The molecule has 5 heteroatoms. The molecule has 1 amide bonds. The van der Waals surface area contributed by atoms with Crippen molar-refractivity contribution in [2.45, 2.75) is 6.42 Å². The second-order valence-electron chi connectivity index (χ2n) is 4.14. The minimum atomic E-state index is 0.202. The fourth-order valence-corrected chi connectivity index (χ4v) is 2.86. The molecule has 1 aliphatic rings. The van der Waals surface area contributed by atoms with Crippen LogP contribution in [0.25, 0.3) is 0 Å². The van der Waals surface area contributed by atoms with E-state index in [2.05, 4.69) is 37.2 Å². The van der Waals surface area contributed by atoms with Crippen molar-refractivity contribution in [3.05, 3.63) is 22.7 Å². The van der Waals surface area contributed by atoms with Gasteiger partial charge in [-0.15, -0.1) is 0 Å². The molecule has 0 aliphatic carbocycles. The highest BCUT2D eigenvalue weighted by atomic mass is 79.9. The van der Waals surface area contributed by atoms with Gasteiger partial charge in [0.2, 0.25) is 5.91 Å². The summed E-state index contributed by atoms with van der Waals surface area (Å²) in [6, 6.07) is 5.93. The molecule has 17 heavy (non-hydrogen) atoms. The molecule has 0 radical (unpaired) electrons. The van der Waals surface area contributed by atoms with E-state index in [1.165, 1.54) is 0 Å². The zero-order chi connectivity index (χ0) is 12.4. The van der Waals surface area contributed by atoms with Crippen molar-refractivity contribution in [1.29, 1.82) is 0 Å². The van der Waals surface area contributed by atoms with Gasteiger partial charge in [0.25, 0.3) is 0 Å². The molecule has 0 bridgehead atoms. The third kappa shape index (κ3) is 2.65. The molecule has 3 nitrogen and oxygen atoms in total. The van der Waals surface area contributed by atoms with Gasteiger partial charge in [-0.2, -0.15) is 0 Å². The van der Waals surface area contributed by atoms with Crippen LogP contribution in [0.3, 0.4) is 0 Å². The summed E-state index contributed by atoms with van der Waals surface area (Å²) in [5, 5.41) is 4.01. The quantitative estimate of drug-likeness (QED) is 0.838. The Morgan fingerprint density at radius 3 is 2.88 bits per heavy atom. The number of alkyl halides is 1. The Bertz CT molecular complexity index is 437. The van der Waals surface area contributed by atoms with Gasteiger partial charge in [0.05, 0.1) is 11.4 Å². The number of hydrogen-bond acceptors (Lipinski definition) is 2. The highest BCUT2D eigenvalue weighted by Gasteiger charge is 2.30. The van der Waals surface area contributed by atoms with E-state index in [0.717, 1.165) is 27.7 Å². The van der Waals surface area contributed by atoms with Crippen LogP contribution < -0.4 is 10.2 Å². The number of nitrogens with one attached hydrogen (secondary N) is 1. The molecule has 92 valence electrons. The van der Waals surface area contributed by atoms with Gasteiger partial charge in [0.15, 0.2) is 0 Å². The molecule has 1 N–H and O–H groups in total. The topological polar surface area (TPSA) is 32.3 Å². The lowest BCUT2D eigenvalue weighted by Crippen LogP contribution is -2.25. The van der Waals surface area contributed by atoms with Crippen LogP contribution in [0.15, 0.2) is 22.7 Å². The Labute approximate surface area is 118 Å². The van der Waals surface area contributed by atoms with E-state index in [1.807, 2.05) is 30.1 Å². The van der Waals surface area contributed by atoms with Gasteiger partial charge >= 0.3 is 0 Å². The summed E-state index contributed by atoms with van der Waals surface area (Å²) in [6.45, 7) is 0.792. The van der Waals surface area contributed by atoms with Crippen LogP contribution in [0, 0.1) is 5.92 Å². The van der Waals surface area contributed by atoms with Gasteiger partial charge in [-0.05, 0) is 24.1 Å². The van der Waals surface area contributed by atoms with Gasteiger partial charge in [0, 0.05) is 29.8 Å². The SMILES string of the molecule is CNc1cc(Br)ccc1N1CC(CBr)CC1=O. The highest BCUT2D eigenvalue weighted by Crippen LogP contribution is 2.33. The van der Waals surface area contributed by atoms with Crippen LogP contribution in [-0.4, -0.2) is 24.8 Å². The number of nitrogens with zero attached hydrogens (tertiary/aromatic N) is 1. The molecule has 1 unspecified atom stereocenters.